The molecule has 17 heavy (non-hydrogen) atoms. The standard InChI is InChI=1S/C13H21N3O/c1-13(6-3-2-4-7-13)12-15-11(16-17-12)10-5-8-14-9-10/h10,14H,2-9H2,1H3. The molecule has 4 heteroatoms. The van der Waals surface area contributed by atoms with Gasteiger partial charge in [-0.25, -0.2) is 0 Å². The van der Waals surface area contributed by atoms with E-state index in [9.17, 15) is 0 Å². The molecule has 0 aromatic carbocycles. The monoisotopic (exact) mass is 235 g/mol. The molecule has 94 valence electrons. The van der Waals surface area contributed by atoms with Crippen molar-refractivity contribution in [2.45, 2.75) is 56.8 Å². The number of hydrogen-bond acceptors (Lipinski definition) is 4. The predicted octanol–water partition coefficient (Wildman–Crippen LogP) is 2.37. The Labute approximate surface area is 102 Å². The van der Waals surface area contributed by atoms with E-state index in [2.05, 4.69) is 22.4 Å². The van der Waals surface area contributed by atoms with Gasteiger partial charge in [0.05, 0.1) is 0 Å². The molecule has 1 aliphatic heterocycles. The molecular weight excluding hydrogens is 214 g/mol. The van der Waals surface area contributed by atoms with E-state index in [1.807, 2.05) is 0 Å². The Morgan fingerprint density at radius 2 is 2.12 bits per heavy atom. The van der Waals surface area contributed by atoms with Crippen LogP contribution in [0.2, 0.25) is 0 Å². The van der Waals surface area contributed by atoms with Gasteiger partial charge in [0, 0.05) is 17.9 Å². The molecule has 0 radical (unpaired) electrons. The molecule has 0 spiro atoms. The number of rotatable bonds is 2. The van der Waals surface area contributed by atoms with Crippen molar-refractivity contribution in [2.75, 3.05) is 13.1 Å². The third-order valence-electron chi connectivity index (χ3n) is 4.34. The van der Waals surface area contributed by atoms with E-state index in [1.54, 1.807) is 0 Å². The van der Waals surface area contributed by atoms with Crippen LogP contribution < -0.4 is 5.32 Å². The van der Waals surface area contributed by atoms with Gasteiger partial charge < -0.3 is 9.84 Å². The fourth-order valence-corrected chi connectivity index (χ4v) is 3.07. The maximum atomic E-state index is 5.53. The van der Waals surface area contributed by atoms with Gasteiger partial charge in [-0.05, 0) is 25.8 Å². The highest BCUT2D eigenvalue weighted by Crippen LogP contribution is 2.38. The van der Waals surface area contributed by atoms with Crippen molar-refractivity contribution in [2.24, 2.45) is 0 Å². The third-order valence-corrected chi connectivity index (χ3v) is 4.34. The first-order valence-electron chi connectivity index (χ1n) is 6.83. The Bertz CT molecular complexity index is 376. The molecule has 2 heterocycles. The second-order valence-corrected chi connectivity index (χ2v) is 5.77. The summed E-state index contributed by atoms with van der Waals surface area (Å²) in [5.74, 6) is 2.25. The lowest BCUT2D eigenvalue weighted by Crippen LogP contribution is -2.25. The van der Waals surface area contributed by atoms with Crippen LogP contribution in [0.15, 0.2) is 4.52 Å². The number of nitrogens with one attached hydrogen (secondary N) is 1. The molecule has 1 aliphatic carbocycles. The van der Waals surface area contributed by atoms with Gasteiger partial charge in [-0.2, -0.15) is 4.98 Å². The molecule has 1 saturated heterocycles. The van der Waals surface area contributed by atoms with Crippen LogP contribution >= 0.6 is 0 Å². The quantitative estimate of drug-likeness (QED) is 0.855. The van der Waals surface area contributed by atoms with E-state index in [0.717, 1.165) is 31.2 Å². The normalized spacial score (nSPS) is 28.4. The number of nitrogens with zero attached hydrogens (tertiary/aromatic N) is 2. The summed E-state index contributed by atoms with van der Waals surface area (Å²) in [5, 5.41) is 7.54. The maximum Gasteiger partial charge on any atom is 0.232 e. The summed E-state index contributed by atoms with van der Waals surface area (Å²) in [6.07, 6.45) is 7.45. The van der Waals surface area contributed by atoms with Crippen LogP contribution in [-0.4, -0.2) is 23.2 Å². The van der Waals surface area contributed by atoms with Crippen molar-refractivity contribution in [1.29, 1.82) is 0 Å². The van der Waals surface area contributed by atoms with Crippen LogP contribution in [0.25, 0.3) is 0 Å². The molecular formula is C13H21N3O. The zero-order valence-corrected chi connectivity index (χ0v) is 10.5. The van der Waals surface area contributed by atoms with Gasteiger partial charge in [0.15, 0.2) is 5.82 Å². The van der Waals surface area contributed by atoms with Gasteiger partial charge in [0.25, 0.3) is 0 Å². The Balaban J connectivity index is 1.78. The van der Waals surface area contributed by atoms with Crippen molar-refractivity contribution < 1.29 is 4.52 Å². The molecule has 1 saturated carbocycles. The molecule has 1 N–H and O–H groups in total. The van der Waals surface area contributed by atoms with E-state index in [0.29, 0.717) is 5.92 Å². The topological polar surface area (TPSA) is 51.0 Å². The van der Waals surface area contributed by atoms with Gasteiger partial charge in [-0.15, -0.1) is 0 Å². The molecule has 1 atom stereocenters. The number of aromatic nitrogens is 2. The lowest BCUT2D eigenvalue weighted by molar-refractivity contribution is 0.231. The number of hydrogen-bond donors (Lipinski definition) is 1. The van der Waals surface area contributed by atoms with E-state index in [4.69, 9.17) is 4.52 Å². The Morgan fingerprint density at radius 3 is 2.82 bits per heavy atom. The molecule has 1 aromatic rings. The summed E-state index contributed by atoms with van der Waals surface area (Å²) in [6, 6.07) is 0. The molecule has 2 aliphatic rings. The fourth-order valence-electron chi connectivity index (χ4n) is 3.07. The zero-order chi connectivity index (χ0) is 11.7. The van der Waals surface area contributed by atoms with E-state index in [1.165, 1.54) is 32.1 Å². The average molecular weight is 235 g/mol. The summed E-state index contributed by atoms with van der Waals surface area (Å²) < 4.78 is 5.53. The van der Waals surface area contributed by atoms with Crippen LogP contribution in [-0.2, 0) is 5.41 Å². The van der Waals surface area contributed by atoms with Crippen LogP contribution in [0, 0.1) is 0 Å². The van der Waals surface area contributed by atoms with Gasteiger partial charge in [-0.3, -0.25) is 0 Å². The van der Waals surface area contributed by atoms with Gasteiger partial charge in [0.2, 0.25) is 5.89 Å². The Hall–Kier alpha value is -0.900. The van der Waals surface area contributed by atoms with Crippen molar-refractivity contribution in [3.63, 3.8) is 0 Å². The molecule has 0 amide bonds. The highest BCUT2D eigenvalue weighted by Gasteiger charge is 2.35. The van der Waals surface area contributed by atoms with Crippen molar-refractivity contribution >= 4 is 0 Å². The minimum absolute atomic E-state index is 0.134. The summed E-state index contributed by atoms with van der Waals surface area (Å²) in [5.41, 5.74) is 0.134. The molecule has 3 rings (SSSR count). The average Bonchev–Trinajstić information content (AvgIpc) is 3.01. The highest BCUT2D eigenvalue weighted by atomic mass is 16.5. The second kappa shape index (κ2) is 4.41. The van der Waals surface area contributed by atoms with Crippen LogP contribution in [0.1, 0.15) is 63.1 Å². The van der Waals surface area contributed by atoms with Crippen LogP contribution in [0.5, 0.6) is 0 Å². The van der Waals surface area contributed by atoms with Gasteiger partial charge in [-0.1, -0.05) is 31.3 Å². The van der Waals surface area contributed by atoms with E-state index in [-0.39, 0.29) is 5.41 Å². The summed E-state index contributed by atoms with van der Waals surface area (Å²) >= 11 is 0. The SMILES string of the molecule is CC1(c2nc(C3CCNC3)no2)CCCCC1. The molecule has 1 unspecified atom stereocenters. The molecule has 1 aromatic heterocycles. The van der Waals surface area contributed by atoms with Crippen LogP contribution in [0.4, 0.5) is 0 Å². The predicted molar refractivity (Wildman–Crippen MR) is 65.0 cm³/mol. The van der Waals surface area contributed by atoms with Crippen molar-refractivity contribution in [3.05, 3.63) is 11.7 Å². The Morgan fingerprint density at radius 1 is 1.29 bits per heavy atom. The molecule has 0 bridgehead atoms. The highest BCUT2D eigenvalue weighted by molar-refractivity contribution is 5.07. The summed E-state index contributed by atoms with van der Waals surface area (Å²) in [7, 11) is 0. The first-order valence-corrected chi connectivity index (χ1v) is 6.83. The second-order valence-electron chi connectivity index (χ2n) is 5.77. The van der Waals surface area contributed by atoms with E-state index >= 15 is 0 Å². The minimum Gasteiger partial charge on any atom is -0.339 e. The summed E-state index contributed by atoms with van der Waals surface area (Å²) in [4.78, 5) is 4.67. The molecule has 2 fully saturated rings. The lowest BCUT2D eigenvalue weighted by Gasteiger charge is -2.29. The first-order chi connectivity index (χ1) is 8.28. The van der Waals surface area contributed by atoms with E-state index < -0.39 is 0 Å². The summed E-state index contributed by atoms with van der Waals surface area (Å²) in [6.45, 7) is 4.35. The van der Waals surface area contributed by atoms with Gasteiger partial charge in [0.1, 0.15) is 0 Å². The van der Waals surface area contributed by atoms with Gasteiger partial charge >= 0.3 is 0 Å². The zero-order valence-electron chi connectivity index (χ0n) is 10.5. The minimum atomic E-state index is 0.134. The first kappa shape index (κ1) is 11.2. The Kier molecular flexibility index (Phi) is 2.90. The third kappa shape index (κ3) is 2.10. The van der Waals surface area contributed by atoms with Crippen molar-refractivity contribution in [1.82, 2.24) is 15.5 Å². The largest absolute Gasteiger partial charge is 0.339 e. The fraction of sp³-hybridized carbons (Fsp3) is 0.846. The smallest absolute Gasteiger partial charge is 0.232 e. The lowest BCUT2D eigenvalue weighted by atomic mass is 9.75. The molecule has 4 nitrogen and oxygen atoms in total. The van der Waals surface area contributed by atoms with Crippen molar-refractivity contribution in [3.8, 4) is 0 Å². The van der Waals surface area contributed by atoms with Crippen LogP contribution in [0.3, 0.4) is 0 Å². The maximum absolute atomic E-state index is 5.53.